The van der Waals surface area contributed by atoms with Crippen molar-refractivity contribution in [1.29, 1.82) is 0 Å². The number of sulfonamides is 1. The molecule has 0 amide bonds. The van der Waals surface area contributed by atoms with E-state index in [1.165, 1.54) is 22.6 Å². The standard InChI is InChI=1S/C12H19N3O3S/c13-10-4-5-12(14-9-10)19(17,18)15-7-2-1-3-11(15)6-8-16/h4-5,9,11,16H,1-3,6-8,13H2. The van der Waals surface area contributed by atoms with Gasteiger partial charge in [-0.15, -0.1) is 0 Å². The van der Waals surface area contributed by atoms with Crippen molar-refractivity contribution in [3.8, 4) is 0 Å². The number of nitrogens with zero attached hydrogens (tertiary/aromatic N) is 2. The predicted molar refractivity (Wildman–Crippen MR) is 71.9 cm³/mol. The van der Waals surface area contributed by atoms with E-state index in [0.717, 1.165) is 19.3 Å². The second kappa shape index (κ2) is 5.85. The molecular weight excluding hydrogens is 266 g/mol. The second-order valence-corrected chi connectivity index (χ2v) is 6.54. The van der Waals surface area contributed by atoms with Crippen LogP contribution < -0.4 is 5.73 Å². The molecule has 0 spiro atoms. The smallest absolute Gasteiger partial charge is 0.260 e. The van der Waals surface area contributed by atoms with Gasteiger partial charge < -0.3 is 10.8 Å². The van der Waals surface area contributed by atoms with Gasteiger partial charge in [0.05, 0.1) is 11.9 Å². The number of anilines is 1. The Balaban J connectivity index is 2.28. The fourth-order valence-corrected chi connectivity index (χ4v) is 4.03. The van der Waals surface area contributed by atoms with Crippen LogP contribution >= 0.6 is 0 Å². The van der Waals surface area contributed by atoms with Crippen LogP contribution in [0.5, 0.6) is 0 Å². The first-order valence-corrected chi connectivity index (χ1v) is 7.84. The molecule has 3 N–H and O–H groups in total. The third kappa shape index (κ3) is 3.05. The van der Waals surface area contributed by atoms with Crippen molar-refractivity contribution in [3.63, 3.8) is 0 Å². The van der Waals surface area contributed by atoms with Crippen molar-refractivity contribution in [1.82, 2.24) is 9.29 Å². The number of pyridine rings is 1. The van der Waals surface area contributed by atoms with E-state index >= 15 is 0 Å². The van der Waals surface area contributed by atoms with Gasteiger partial charge in [0.15, 0.2) is 5.03 Å². The molecule has 7 heteroatoms. The number of nitrogens with two attached hydrogens (primary N) is 1. The minimum atomic E-state index is -3.59. The quantitative estimate of drug-likeness (QED) is 0.844. The number of aliphatic hydroxyl groups excluding tert-OH is 1. The summed E-state index contributed by atoms with van der Waals surface area (Å²) >= 11 is 0. The van der Waals surface area contributed by atoms with Crippen molar-refractivity contribution >= 4 is 15.7 Å². The first-order valence-electron chi connectivity index (χ1n) is 6.40. The van der Waals surface area contributed by atoms with Gasteiger partial charge in [0.25, 0.3) is 10.0 Å². The normalized spacial score (nSPS) is 21.4. The van der Waals surface area contributed by atoms with Crippen LogP contribution in [0, 0.1) is 0 Å². The van der Waals surface area contributed by atoms with Crippen LogP contribution in [0.3, 0.4) is 0 Å². The van der Waals surface area contributed by atoms with Gasteiger partial charge in [-0.25, -0.2) is 13.4 Å². The van der Waals surface area contributed by atoms with Gasteiger partial charge in [-0.2, -0.15) is 4.31 Å². The number of rotatable bonds is 4. The molecule has 19 heavy (non-hydrogen) atoms. The van der Waals surface area contributed by atoms with Gasteiger partial charge in [-0.05, 0) is 31.4 Å². The fourth-order valence-electron chi connectivity index (χ4n) is 2.39. The summed E-state index contributed by atoms with van der Waals surface area (Å²) < 4.78 is 26.5. The zero-order valence-corrected chi connectivity index (χ0v) is 11.5. The number of hydrogen-bond acceptors (Lipinski definition) is 5. The molecule has 1 unspecified atom stereocenters. The molecular formula is C12H19N3O3S. The van der Waals surface area contributed by atoms with E-state index in [2.05, 4.69) is 4.98 Å². The molecule has 0 saturated carbocycles. The molecule has 1 saturated heterocycles. The largest absolute Gasteiger partial charge is 0.397 e. The topological polar surface area (TPSA) is 96.5 Å². The lowest BCUT2D eigenvalue weighted by Crippen LogP contribution is -2.44. The van der Waals surface area contributed by atoms with E-state index in [0.29, 0.717) is 18.7 Å². The van der Waals surface area contributed by atoms with E-state index in [4.69, 9.17) is 10.8 Å². The number of piperidine rings is 1. The van der Waals surface area contributed by atoms with E-state index in [1.807, 2.05) is 0 Å². The van der Waals surface area contributed by atoms with E-state index in [9.17, 15) is 8.42 Å². The highest BCUT2D eigenvalue weighted by atomic mass is 32.2. The van der Waals surface area contributed by atoms with Gasteiger partial charge in [-0.1, -0.05) is 6.42 Å². The van der Waals surface area contributed by atoms with Crippen LogP contribution in [0.2, 0.25) is 0 Å². The Bertz CT molecular complexity index is 514. The Hall–Kier alpha value is -1.18. The summed E-state index contributed by atoms with van der Waals surface area (Å²) in [6, 6.07) is 2.82. The van der Waals surface area contributed by atoms with Gasteiger partial charge in [0.1, 0.15) is 0 Å². The van der Waals surface area contributed by atoms with Gasteiger partial charge in [0.2, 0.25) is 0 Å². The first kappa shape index (κ1) is 14.2. The summed E-state index contributed by atoms with van der Waals surface area (Å²) in [6.45, 7) is 0.477. The van der Waals surface area contributed by atoms with Gasteiger partial charge in [0, 0.05) is 19.2 Å². The highest BCUT2D eigenvalue weighted by molar-refractivity contribution is 7.89. The van der Waals surface area contributed by atoms with Crippen molar-refractivity contribution < 1.29 is 13.5 Å². The molecule has 6 nitrogen and oxygen atoms in total. The molecule has 1 atom stereocenters. The molecule has 0 bridgehead atoms. The molecule has 2 rings (SSSR count). The van der Waals surface area contributed by atoms with E-state index in [-0.39, 0.29) is 17.7 Å². The molecule has 1 aliphatic heterocycles. The second-order valence-electron chi connectivity index (χ2n) is 4.71. The third-order valence-corrected chi connectivity index (χ3v) is 5.24. The van der Waals surface area contributed by atoms with Crippen LogP contribution in [0.1, 0.15) is 25.7 Å². The molecule has 2 heterocycles. The Morgan fingerprint density at radius 3 is 2.84 bits per heavy atom. The van der Waals surface area contributed by atoms with Crippen molar-refractivity contribution in [2.75, 3.05) is 18.9 Å². The number of aromatic nitrogens is 1. The zero-order valence-electron chi connectivity index (χ0n) is 10.7. The molecule has 0 radical (unpaired) electrons. The van der Waals surface area contributed by atoms with Crippen LogP contribution in [0.15, 0.2) is 23.4 Å². The first-order chi connectivity index (χ1) is 9.05. The summed E-state index contributed by atoms with van der Waals surface area (Å²) in [7, 11) is -3.59. The summed E-state index contributed by atoms with van der Waals surface area (Å²) in [6.07, 6.45) is 4.43. The van der Waals surface area contributed by atoms with E-state index < -0.39 is 10.0 Å². The maximum atomic E-state index is 12.5. The third-order valence-electron chi connectivity index (χ3n) is 3.37. The van der Waals surface area contributed by atoms with E-state index in [1.54, 1.807) is 0 Å². The lowest BCUT2D eigenvalue weighted by molar-refractivity contribution is 0.192. The predicted octanol–water partition coefficient (Wildman–Crippen LogP) is 0.589. The van der Waals surface area contributed by atoms with Crippen LogP contribution in [-0.2, 0) is 10.0 Å². The van der Waals surface area contributed by atoms with Crippen LogP contribution in [-0.4, -0.2) is 42.0 Å². The molecule has 0 aromatic carbocycles. The Morgan fingerprint density at radius 1 is 1.42 bits per heavy atom. The fraction of sp³-hybridized carbons (Fsp3) is 0.583. The SMILES string of the molecule is Nc1ccc(S(=O)(=O)N2CCCCC2CCO)nc1. The summed E-state index contributed by atoms with van der Waals surface area (Å²) in [5.41, 5.74) is 5.95. The summed E-state index contributed by atoms with van der Waals surface area (Å²) in [5, 5.41) is 9.08. The zero-order chi connectivity index (χ0) is 13.9. The van der Waals surface area contributed by atoms with Gasteiger partial charge in [-0.3, -0.25) is 0 Å². The number of aliphatic hydroxyl groups is 1. The maximum Gasteiger partial charge on any atom is 0.260 e. The Morgan fingerprint density at radius 2 is 2.21 bits per heavy atom. The van der Waals surface area contributed by atoms with Gasteiger partial charge >= 0.3 is 0 Å². The monoisotopic (exact) mass is 285 g/mol. The molecule has 1 fully saturated rings. The van der Waals surface area contributed by atoms with Crippen LogP contribution in [0.4, 0.5) is 5.69 Å². The highest BCUT2D eigenvalue weighted by Gasteiger charge is 2.33. The molecule has 1 aromatic heterocycles. The Labute approximate surface area is 113 Å². The summed E-state index contributed by atoms with van der Waals surface area (Å²) in [4.78, 5) is 3.90. The minimum absolute atomic E-state index is 0.00808. The number of nitrogen functional groups attached to an aromatic ring is 1. The molecule has 106 valence electrons. The maximum absolute atomic E-state index is 12.5. The lowest BCUT2D eigenvalue weighted by Gasteiger charge is -2.34. The average molecular weight is 285 g/mol. The van der Waals surface area contributed by atoms with Crippen molar-refractivity contribution in [2.45, 2.75) is 36.8 Å². The van der Waals surface area contributed by atoms with Crippen LogP contribution in [0.25, 0.3) is 0 Å². The van der Waals surface area contributed by atoms with Crippen molar-refractivity contribution in [2.24, 2.45) is 0 Å². The number of hydrogen-bond donors (Lipinski definition) is 2. The molecule has 1 aliphatic rings. The van der Waals surface area contributed by atoms with Crippen molar-refractivity contribution in [3.05, 3.63) is 18.3 Å². The molecule has 0 aliphatic carbocycles. The minimum Gasteiger partial charge on any atom is -0.397 e. The molecule has 1 aromatic rings. The lowest BCUT2D eigenvalue weighted by atomic mass is 10.0. The highest BCUT2D eigenvalue weighted by Crippen LogP contribution is 2.26. The summed E-state index contributed by atoms with van der Waals surface area (Å²) in [5.74, 6) is 0. The average Bonchev–Trinajstić information content (AvgIpc) is 2.40. The Kier molecular flexibility index (Phi) is 4.38.